The van der Waals surface area contributed by atoms with Gasteiger partial charge in [-0.3, -0.25) is 9.78 Å². The summed E-state index contributed by atoms with van der Waals surface area (Å²) in [5.74, 6) is -0.0771. The van der Waals surface area contributed by atoms with Crippen LogP contribution < -0.4 is 10.2 Å². The van der Waals surface area contributed by atoms with Gasteiger partial charge in [0.25, 0.3) is 5.91 Å². The summed E-state index contributed by atoms with van der Waals surface area (Å²) in [7, 11) is 0. The predicted molar refractivity (Wildman–Crippen MR) is 85.4 cm³/mol. The first kappa shape index (κ1) is 15.0. The van der Waals surface area contributed by atoms with E-state index < -0.39 is 0 Å². The van der Waals surface area contributed by atoms with Crippen molar-refractivity contribution in [3.63, 3.8) is 0 Å². The van der Waals surface area contributed by atoms with E-state index in [0.717, 1.165) is 24.5 Å². The fraction of sp³-hybridized carbons (Fsp3) is 0.294. The molecule has 2 aromatic rings. The van der Waals surface area contributed by atoms with Crippen LogP contribution in [0.15, 0.2) is 48.7 Å². The summed E-state index contributed by atoms with van der Waals surface area (Å²) in [5, 5.41) is 2.88. The molecule has 1 aromatic heterocycles. The first-order valence-corrected chi connectivity index (χ1v) is 7.27. The number of carbonyl (C=O) groups excluding carboxylic acids is 1. The number of carbonyl (C=O) groups is 1. The van der Waals surface area contributed by atoms with E-state index in [4.69, 9.17) is 0 Å². The van der Waals surface area contributed by atoms with E-state index in [1.807, 2.05) is 42.5 Å². The van der Waals surface area contributed by atoms with Gasteiger partial charge in [0.1, 0.15) is 0 Å². The van der Waals surface area contributed by atoms with Gasteiger partial charge < -0.3 is 10.2 Å². The zero-order valence-corrected chi connectivity index (χ0v) is 12.5. The van der Waals surface area contributed by atoms with Crippen LogP contribution in [-0.4, -0.2) is 24.0 Å². The van der Waals surface area contributed by atoms with Crippen molar-refractivity contribution >= 4 is 11.6 Å². The molecule has 0 aliphatic carbocycles. The number of nitrogens with one attached hydrogen (secondary N) is 1. The van der Waals surface area contributed by atoms with Gasteiger partial charge >= 0.3 is 0 Å². The van der Waals surface area contributed by atoms with Crippen LogP contribution >= 0.6 is 0 Å². The lowest BCUT2D eigenvalue weighted by Crippen LogP contribution is -2.24. The molecule has 0 atom stereocenters. The second kappa shape index (κ2) is 7.43. The van der Waals surface area contributed by atoms with Crippen molar-refractivity contribution in [1.82, 2.24) is 10.3 Å². The zero-order valence-electron chi connectivity index (χ0n) is 12.5. The molecule has 0 saturated heterocycles. The van der Waals surface area contributed by atoms with Gasteiger partial charge in [-0.2, -0.15) is 0 Å². The Morgan fingerprint density at radius 1 is 1.10 bits per heavy atom. The van der Waals surface area contributed by atoms with Crippen LogP contribution in [0.1, 0.15) is 29.9 Å². The third kappa shape index (κ3) is 4.05. The third-order valence-corrected chi connectivity index (χ3v) is 3.41. The SMILES string of the molecule is CCN(CC)c1ccc(C(=O)NCc2ccccn2)cc1. The van der Waals surface area contributed by atoms with Crippen molar-refractivity contribution in [2.24, 2.45) is 0 Å². The van der Waals surface area contributed by atoms with E-state index in [1.165, 1.54) is 0 Å². The average molecular weight is 283 g/mol. The molecule has 0 bridgehead atoms. The number of hydrogen-bond acceptors (Lipinski definition) is 3. The highest BCUT2D eigenvalue weighted by atomic mass is 16.1. The second-order valence-corrected chi connectivity index (χ2v) is 4.72. The van der Waals surface area contributed by atoms with Gasteiger partial charge in [0.05, 0.1) is 12.2 Å². The molecule has 0 saturated carbocycles. The fourth-order valence-electron chi connectivity index (χ4n) is 2.19. The highest BCUT2D eigenvalue weighted by Gasteiger charge is 2.07. The Balaban J connectivity index is 1.97. The van der Waals surface area contributed by atoms with Crippen molar-refractivity contribution in [2.45, 2.75) is 20.4 Å². The summed E-state index contributed by atoms with van der Waals surface area (Å²) in [5.41, 5.74) is 2.66. The zero-order chi connectivity index (χ0) is 15.1. The number of benzene rings is 1. The van der Waals surface area contributed by atoms with E-state index in [0.29, 0.717) is 12.1 Å². The van der Waals surface area contributed by atoms with Gasteiger partial charge in [0.2, 0.25) is 0 Å². The molecule has 21 heavy (non-hydrogen) atoms. The lowest BCUT2D eigenvalue weighted by atomic mass is 10.2. The van der Waals surface area contributed by atoms with Crippen LogP contribution in [0.25, 0.3) is 0 Å². The molecular formula is C17H21N3O. The van der Waals surface area contributed by atoms with Gasteiger partial charge in [-0.05, 0) is 50.2 Å². The second-order valence-electron chi connectivity index (χ2n) is 4.72. The smallest absolute Gasteiger partial charge is 0.251 e. The normalized spacial score (nSPS) is 10.2. The standard InChI is InChI=1S/C17H21N3O/c1-3-20(4-2)16-10-8-14(9-11-16)17(21)19-13-15-7-5-6-12-18-15/h5-12H,3-4,13H2,1-2H3,(H,19,21). The maximum Gasteiger partial charge on any atom is 0.251 e. The van der Waals surface area contributed by atoms with Crippen LogP contribution in [0, 0.1) is 0 Å². The Labute approximate surface area is 125 Å². The number of pyridine rings is 1. The van der Waals surface area contributed by atoms with Crippen molar-refractivity contribution < 1.29 is 4.79 Å². The molecule has 0 radical (unpaired) electrons. The van der Waals surface area contributed by atoms with Crippen LogP contribution in [0.3, 0.4) is 0 Å². The molecule has 1 N–H and O–H groups in total. The Kier molecular flexibility index (Phi) is 5.32. The summed E-state index contributed by atoms with van der Waals surface area (Å²) in [6, 6.07) is 13.4. The lowest BCUT2D eigenvalue weighted by molar-refractivity contribution is 0.0950. The molecule has 0 unspecified atom stereocenters. The summed E-state index contributed by atoms with van der Waals surface area (Å²) in [6.07, 6.45) is 1.72. The number of hydrogen-bond donors (Lipinski definition) is 1. The van der Waals surface area contributed by atoms with E-state index in [2.05, 4.69) is 29.0 Å². The fourth-order valence-corrected chi connectivity index (χ4v) is 2.19. The Morgan fingerprint density at radius 3 is 2.38 bits per heavy atom. The molecule has 4 nitrogen and oxygen atoms in total. The van der Waals surface area contributed by atoms with Crippen LogP contribution in [0.4, 0.5) is 5.69 Å². The first-order valence-electron chi connectivity index (χ1n) is 7.27. The number of aromatic nitrogens is 1. The molecule has 4 heteroatoms. The van der Waals surface area contributed by atoms with Gasteiger partial charge in [0, 0.05) is 30.5 Å². The molecule has 1 amide bonds. The van der Waals surface area contributed by atoms with Gasteiger partial charge in [0.15, 0.2) is 0 Å². The summed E-state index contributed by atoms with van der Waals surface area (Å²) in [4.78, 5) is 18.5. The van der Waals surface area contributed by atoms with Crippen molar-refractivity contribution in [1.29, 1.82) is 0 Å². The van der Waals surface area contributed by atoms with Gasteiger partial charge in [-0.15, -0.1) is 0 Å². The number of nitrogens with zero attached hydrogens (tertiary/aromatic N) is 2. The van der Waals surface area contributed by atoms with E-state index in [1.54, 1.807) is 6.20 Å². The predicted octanol–water partition coefficient (Wildman–Crippen LogP) is 2.86. The first-order chi connectivity index (χ1) is 10.2. The minimum Gasteiger partial charge on any atom is -0.372 e. The summed E-state index contributed by atoms with van der Waals surface area (Å²) < 4.78 is 0. The van der Waals surface area contributed by atoms with Crippen molar-refractivity contribution in [3.05, 3.63) is 59.9 Å². The molecule has 1 aromatic carbocycles. The minimum absolute atomic E-state index is 0.0771. The molecule has 1 heterocycles. The van der Waals surface area contributed by atoms with E-state index in [-0.39, 0.29) is 5.91 Å². The number of anilines is 1. The highest BCUT2D eigenvalue weighted by Crippen LogP contribution is 2.14. The van der Waals surface area contributed by atoms with Gasteiger partial charge in [-0.25, -0.2) is 0 Å². The van der Waals surface area contributed by atoms with E-state index in [9.17, 15) is 4.79 Å². The number of rotatable bonds is 6. The molecule has 0 spiro atoms. The maximum atomic E-state index is 12.1. The average Bonchev–Trinajstić information content (AvgIpc) is 2.55. The Hall–Kier alpha value is -2.36. The third-order valence-electron chi connectivity index (χ3n) is 3.41. The molecule has 2 rings (SSSR count). The molecule has 0 fully saturated rings. The summed E-state index contributed by atoms with van der Waals surface area (Å²) in [6.45, 7) is 6.61. The van der Waals surface area contributed by atoms with Crippen molar-refractivity contribution in [3.8, 4) is 0 Å². The quantitative estimate of drug-likeness (QED) is 0.886. The molecule has 110 valence electrons. The van der Waals surface area contributed by atoms with Crippen LogP contribution in [0.2, 0.25) is 0 Å². The topological polar surface area (TPSA) is 45.2 Å². The maximum absolute atomic E-state index is 12.1. The van der Waals surface area contributed by atoms with Crippen molar-refractivity contribution in [2.75, 3.05) is 18.0 Å². The molecule has 0 aliphatic rings. The van der Waals surface area contributed by atoms with E-state index >= 15 is 0 Å². The van der Waals surface area contributed by atoms with Crippen LogP contribution in [-0.2, 0) is 6.54 Å². The molecule has 0 aliphatic heterocycles. The summed E-state index contributed by atoms with van der Waals surface area (Å²) >= 11 is 0. The minimum atomic E-state index is -0.0771. The van der Waals surface area contributed by atoms with Crippen LogP contribution in [0.5, 0.6) is 0 Å². The lowest BCUT2D eigenvalue weighted by Gasteiger charge is -2.21. The largest absolute Gasteiger partial charge is 0.372 e. The van der Waals surface area contributed by atoms with Gasteiger partial charge in [-0.1, -0.05) is 6.07 Å². The Bertz CT molecular complexity index is 562. The number of amides is 1. The highest BCUT2D eigenvalue weighted by molar-refractivity contribution is 5.94. The monoisotopic (exact) mass is 283 g/mol. The Morgan fingerprint density at radius 2 is 1.81 bits per heavy atom. The molecular weight excluding hydrogens is 262 g/mol.